The molecule has 1 amide bonds. The third-order valence-corrected chi connectivity index (χ3v) is 5.65. The van der Waals surface area contributed by atoms with E-state index in [-0.39, 0.29) is 26.7 Å². The molecule has 27 heavy (non-hydrogen) atoms. The van der Waals surface area contributed by atoms with E-state index >= 15 is 0 Å². The maximum Gasteiger partial charge on any atom is 0.256 e. The van der Waals surface area contributed by atoms with Gasteiger partial charge in [-0.15, -0.1) is 0 Å². The fourth-order valence-corrected chi connectivity index (χ4v) is 4.13. The maximum absolute atomic E-state index is 12.6. The van der Waals surface area contributed by atoms with Gasteiger partial charge in [-0.25, -0.2) is 13.1 Å². The molecule has 0 aliphatic rings. The van der Waals surface area contributed by atoms with Crippen molar-refractivity contribution in [3.05, 3.63) is 40.6 Å². The van der Waals surface area contributed by atoms with Crippen molar-refractivity contribution < 1.29 is 17.7 Å². The molecule has 0 radical (unpaired) electrons. The van der Waals surface area contributed by atoms with Gasteiger partial charge in [0.1, 0.15) is 10.7 Å². The van der Waals surface area contributed by atoms with Crippen LogP contribution in [0.1, 0.15) is 57.7 Å². The summed E-state index contributed by atoms with van der Waals surface area (Å²) in [6.07, 6.45) is 0. The Hall–Kier alpha value is -1.90. The Kier molecular flexibility index (Phi) is 5.75. The minimum atomic E-state index is -3.89. The molecule has 1 heterocycles. The molecule has 2 aromatic rings. The summed E-state index contributed by atoms with van der Waals surface area (Å²) in [4.78, 5) is 12.3. The molecule has 0 unspecified atom stereocenters. The lowest BCUT2D eigenvalue weighted by atomic mass is 9.93. The molecule has 2 rings (SSSR count). The van der Waals surface area contributed by atoms with Crippen molar-refractivity contribution in [2.75, 3.05) is 5.32 Å². The topological polar surface area (TPSA) is 101 Å². The van der Waals surface area contributed by atoms with E-state index in [0.717, 1.165) is 0 Å². The van der Waals surface area contributed by atoms with Gasteiger partial charge in [-0.05, 0) is 39.0 Å². The van der Waals surface area contributed by atoms with Gasteiger partial charge in [-0.2, -0.15) is 0 Å². The number of rotatable bonds is 4. The van der Waals surface area contributed by atoms with Crippen molar-refractivity contribution in [3.63, 3.8) is 0 Å². The van der Waals surface area contributed by atoms with E-state index in [1.54, 1.807) is 26.8 Å². The highest BCUT2D eigenvalue weighted by molar-refractivity contribution is 7.89. The van der Waals surface area contributed by atoms with Crippen LogP contribution in [0.25, 0.3) is 0 Å². The first-order valence-electron chi connectivity index (χ1n) is 8.31. The molecule has 0 bridgehead atoms. The summed E-state index contributed by atoms with van der Waals surface area (Å²) in [5.41, 5.74) is -0.811. The first kappa shape index (κ1) is 21.4. The summed E-state index contributed by atoms with van der Waals surface area (Å²) in [5.74, 6) is 0.344. The summed E-state index contributed by atoms with van der Waals surface area (Å²) < 4.78 is 32.9. The van der Waals surface area contributed by atoms with Gasteiger partial charge in [0.2, 0.25) is 10.0 Å². The summed E-state index contributed by atoms with van der Waals surface area (Å²) >= 11 is 6.05. The largest absolute Gasteiger partial charge is 0.359 e. The van der Waals surface area contributed by atoms with Crippen LogP contribution < -0.4 is 10.0 Å². The van der Waals surface area contributed by atoms with Crippen molar-refractivity contribution in [3.8, 4) is 0 Å². The van der Waals surface area contributed by atoms with Crippen molar-refractivity contribution >= 4 is 33.3 Å². The number of hydrogen-bond acceptors (Lipinski definition) is 5. The number of carbonyl (C=O) groups is 1. The minimum absolute atomic E-state index is 0.0276. The molecule has 148 valence electrons. The molecular weight excluding hydrogens is 390 g/mol. The first-order chi connectivity index (χ1) is 12.2. The second kappa shape index (κ2) is 7.26. The standard InChI is InChI=1S/C18H24ClN3O4S/c1-17(2,3)14-10-15(21-26-14)20-16(23)11-7-8-12(19)13(9-11)27(24,25)22-18(4,5)6/h7-10,22H,1-6H3,(H,20,21,23). The van der Waals surface area contributed by atoms with Crippen molar-refractivity contribution in [2.24, 2.45) is 0 Å². The van der Waals surface area contributed by atoms with Gasteiger partial charge < -0.3 is 9.84 Å². The fraction of sp³-hybridized carbons (Fsp3) is 0.444. The van der Waals surface area contributed by atoms with E-state index in [1.165, 1.54) is 18.2 Å². The van der Waals surface area contributed by atoms with E-state index in [0.29, 0.717) is 5.76 Å². The number of carbonyl (C=O) groups excluding carboxylic acids is 1. The zero-order valence-electron chi connectivity index (χ0n) is 16.2. The molecule has 0 atom stereocenters. The summed E-state index contributed by atoms with van der Waals surface area (Å²) in [5, 5.41) is 6.44. The van der Waals surface area contributed by atoms with E-state index in [4.69, 9.17) is 16.1 Å². The Morgan fingerprint density at radius 2 is 1.74 bits per heavy atom. The smallest absolute Gasteiger partial charge is 0.256 e. The van der Waals surface area contributed by atoms with Crippen LogP contribution >= 0.6 is 11.6 Å². The zero-order chi connectivity index (χ0) is 20.6. The third kappa shape index (κ3) is 5.54. The van der Waals surface area contributed by atoms with Crippen molar-refractivity contribution in [1.29, 1.82) is 0 Å². The summed E-state index contributed by atoms with van der Waals surface area (Å²) in [6.45, 7) is 11.0. The molecule has 0 fully saturated rings. The van der Waals surface area contributed by atoms with E-state index in [2.05, 4.69) is 15.2 Å². The minimum Gasteiger partial charge on any atom is -0.359 e. The highest BCUT2D eigenvalue weighted by atomic mass is 35.5. The molecule has 1 aromatic heterocycles. The number of amides is 1. The zero-order valence-corrected chi connectivity index (χ0v) is 17.7. The summed E-state index contributed by atoms with van der Waals surface area (Å²) in [7, 11) is -3.89. The van der Waals surface area contributed by atoms with Gasteiger partial charge in [0, 0.05) is 22.6 Å². The van der Waals surface area contributed by atoms with Gasteiger partial charge in [-0.1, -0.05) is 37.5 Å². The average Bonchev–Trinajstić information content (AvgIpc) is 2.93. The van der Waals surface area contributed by atoms with Crippen LogP contribution in [-0.2, 0) is 15.4 Å². The molecule has 0 saturated heterocycles. The molecule has 9 heteroatoms. The van der Waals surface area contributed by atoms with Crippen molar-refractivity contribution in [2.45, 2.75) is 57.4 Å². The second-order valence-electron chi connectivity index (χ2n) is 8.28. The number of sulfonamides is 1. The molecular formula is C18H24ClN3O4S. The molecule has 0 spiro atoms. The molecule has 2 N–H and O–H groups in total. The van der Waals surface area contributed by atoms with Crippen LogP contribution in [0.2, 0.25) is 5.02 Å². The molecule has 0 saturated carbocycles. The van der Waals surface area contributed by atoms with Crippen LogP contribution in [0.15, 0.2) is 33.7 Å². The SMILES string of the molecule is CC(C)(C)NS(=O)(=O)c1cc(C(=O)Nc2cc(C(C)(C)C)on2)ccc1Cl. The maximum atomic E-state index is 12.6. The lowest BCUT2D eigenvalue weighted by Crippen LogP contribution is -2.40. The van der Waals surface area contributed by atoms with E-state index in [9.17, 15) is 13.2 Å². The number of nitrogens with one attached hydrogen (secondary N) is 2. The molecule has 7 nitrogen and oxygen atoms in total. The monoisotopic (exact) mass is 413 g/mol. The lowest BCUT2D eigenvalue weighted by molar-refractivity contribution is 0.102. The number of benzene rings is 1. The highest BCUT2D eigenvalue weighted by Crippen LogP contribution is 2.26. The fourth-order valence-electron chi connectivity index (χ4n) is 2.18. The average molecular weight is 414 g/mol. The van der Waals surface area contributed by atoms with Crippen LogP contribution in [0.3, 0.4) is 0 Å². The van der Waals surface area contributed by atoms with Crippen LogP contribution in [0.5, 0.6) is 0 Å². The van der Waals surface area contributed by atoms with Crippen molar-refractivity contribution in [1.82, 2.24) is 9.88 Å². The van der Waals surface area contributed by atoms with Gasteiger partial charge >= 0.3 is 0 Å². The van der Waals surface area contributed by atoms with Crippen LogP contribution in [0, 0.1) is 0 Å². The van der Waals surface area contributed by atoms with Gasteiger partial charge in [0.15, 0.2) is 5.82 Å². The predicted molar refractivity (Wildman–Crippen MR) is 105 cm³/mol. The Labute approximate surface area is 164 Å². The Morgan fingerprint density at radius 3 is 2.26 bits per heavy atom. The normalized spacial score (nSPS) is 12.9. The van der Waals surface area contributed by atoms with Gasteiger partial charge in [-0.3, -0.25) is 4.79 Å². The van der Waals surface area contributed by atoms with Crippen LogP contribution in [-0.4, -0.2) is 25.0 Å². The highest BCUT2D eigenvalue weighted by Gasteiger charge is 2.26. The Morgan fingerprint density at radius 1 is 1.11 bits per heavy atom. The Bertz CT molecular complexity index is 954. The number of aromatic nitrogens is 1. The lowest BCUT2D eigenvalue weighted by Gasteiger charge is -2.21. The summed E-state index contributed by atoms with van der Waals surface area (Å²) in [6, 6.07) is 5.68. The molecule has 0 aliphatic carbocycles. The van der Waals surface area contributed by atoms with E-state index in [1.807, 2.05) is 20.8 Å². The van der Waals surface area contributed by atoms with Gasteiger partial charge in [0.05, 0.1) is 5.02 Å². The van der Waals surface area contributed by atoms with E-state index < -0.39 is 21.5 Å². The van der Waals surface area contributed by atoms with Crippen LogP contribution in [0.4, 0.5) is 5.82 Å². The number of nitrogens with zero attached hydrogens (tertiary/aromatic N) is 1. The third-order valence-electron chi connectivity index (χ3n) is 3.41. The number of halogens is 1. The quantitative estimate of drug-likeness (QED) is 0.790. The first-order valence-corrected chi connectivity index (χ1v) is 10.2. The Balaban J connectivity index is 2.29. The second-order valence-corrected chi connectivity index (χ2v) is 10.3. The van der Waals surface area contributed by atoms with Gasteiger partial charge in [0.25, 0.3) is 5.91 Å². The number of anilines is 1. The molecule has 0 aliphatic heterocycles. The predicted octanol–water partition coefficient (Wildman–Crippen LogP) is 3.95. The molecule has 1 aromatic carbocycles. The number of hydrogen-bond donors (Lipinski definition) is 2.